The average Bonchev–Trinajstić information content (AvgIpc) is 3.02. The molecule has 3 rings (SSSR count). The summed E-state index contributed by atoms with van der Waals surface area (Å²) in [6.45, 7) is 1.21. The van der Waals surface area contributed by atoms with Gasteiger partial charge < -0.3 is 20.5 Å². The van der Waals surface area contributed by atoms with Crippen LogP contribution in [0.4, 0.5) is 17.2 Å². The quantitative estimate of drug-likeness (QED) is 0.561. The number of hydrogen-bond acceptors (Lipinski definition) is 7. The van der Waals surface area contributed by atoms with Crippen LogP contribution in [0.25, 0.3) is 0 Å². The zero-order chi connectivity index (χ0) is 16.2. The molecular formula is C15H22N4O4. The van der Waals surface area contributed by atoms with Crippen LogP contribution in [0.3, 0.4) is 0 Å². The minimum atomic E-state index is -0.440. The molecule has 0 aromatic carbocycles. The molecule has 3 N–H and O–H groups in total. The van der Waals surface area contributed by atoms with E-state index in [1.54, 1.807) is 6.07 Å². The van der Waals surface area contributed by atoms with Crippen LogP contribution in [0, 0.1) is 10.1 Å². The molecule has 8 heteroatoms. The number of aromatic nitrogens is 1. The van der Waals surface area contributed by atoms with Crippen molar-refractivity contribution in [1.29, 1.82) is 0 Å². The second-order valence-electron chi connectivity index (χ2n) is 6.15. The molecule has 23 heavy (non-hydrogen) atoms. The molecule has 1 aromatic heterocycles. The smallest absolute Gasteiger partial charge is 0.310 e. The van der Waals surface area contributed by atoms with Gasteiger partial charge in [0.2, 0.25) is 0 Å². The number of pyridine rings is 1. The molecule has 1 aromatic rings. The van der Waals surface area contributed by atoms with Gasteiger partial charge in [-0.05, 0) is 19.3 Å². The van der Waals surface area contributed by atoms with Gasteiger partial charge in [-0.2, -0.15) is 0 Å². The van der Waals surface area contributed by atoms with E-state index in [0.717, 1.165) is 32.1 Å². The van der Waals surface area contributed by atoms with Crippen molar-refractivity contribution in [1.82, 2.24) is 4.98 Å². The number of nitro groups is 1. The molecule has 2 aliphatic rings. The first kappa shape index (κ1) is 15.9. The third-order valence-corrected chi connectivity index (χ3v) is 4.43. The Balaban J connectivity index is 1.76. The Bertz CT molecular complexity index is 562. The minimum absolute atomic E-state index is 0.0494. The van der Waals surface area contributed by atoms with E-state index in [1.165, 1.54) is 6.20 Å². The van der Waals surface area contributed by atoms with E-state index in [2.05, 4.69) is 15.6 Å². The monoisotopic (exact) mass is 322 g/mol. The van der Waals surface area contributed by atoms with Crippen LogP contribution < -0.4 is 10.6 Å². The zero-order valence-electron chi connectivity index (χ0n) is 12.9. The van der Waals surface area contributed by atoms with E-state index in [-0.39, 0.29) is 17.8 Å². The molecule has 1 aliphatic carbocycles. The topological polar surface area (TPSA) is 110 Å². The first-order valence-electron chi connectivity index (χ1n) is 8.07. The average molecular weight is 322 g/mol. The summed E-state index contributed by atoms with van der Waals surface area (Å²) in [5.74, 6) is 0.544. The maximum atomic E-state index is 11.2. The molecule has 8 nitrogen and oxygen atoms in total. The Morgan fingerprint density at radius 3 is 2.83 bits per heavy atom. The predicted octanol–water partition coefficient (Wildman–Crippen LogP) is 1.91. The van der Waals surface area contributed by atoms with Gasteiger partial charge in [-0.3, -0.25) is 10.1 Å². The van der Waals surface area contributed by atoms with Gasteiger partial charge in [0.25, 0.3) is 0 Å². The molecule has 2 unspecified atom stereocenters. The van der Waals surface area contributed by atoms with Crippen LogP contribution in [-0.4, -0.2) is 46.4 Å². The highest BCUT2D eigenvalue weighted by molar-refractivity contribution is 5.65. The summed E-state index contributed by atoms with van der Waals surface area (Å²) in [4.78, 5) is 14.9. The standard InChI is InChI=1S/C15H22N4O4/c20-14-4-2-1-3-11(14)18-15-7-12(13(8-16-15)19(21)22)17-10-5-6-23-9-10/h7-8,10-11,14,20H,1-6,9H2,(H2,16,17,18)/t10-,11?,14?/m0/s1. The Labute approximate surface area is 134 Å². The second kappa shape index (κ2) is 7.10. The van der Waals surface area contributed by atoms with Crippen molar-refractivity contribution in [3.8, 4) is 0 Å². The van der Waals surface area contributed by atoms with Gasteiger partial charge in [-0.15, -0.1) is 0 Å². The number of nitrogens with zero attached hydrogens (tertiary/aromatic N) is 2. The zero-order valence-corrected chi connectivity index (χ0v) is 12.9. The second-order valence-corrected chi connectivity index (χ2v) is 6.15. The summed E-state index contributed by atoms with van der Waals surface area (Å²) in [5, 5.41) is 27.6. The first-order chi connectivity index (χ1) is 11.1. The highest BCUT2D eigenvalue weighted by Gasteiger charge is 2.25. The highest BCUT2D eigenvalue weighted by atomic mass is 16.6. The normalized spacial score (nSPS) is 27.6. The molecule has 2 heterocycles. The summed E-state index contributed by atoms with van der Waals surface area (Å²) in [6, 6.07) is 1.67. The van der Waals surface area contributed by atoms with Gasteiger partial charge in [0.15, 0.2) is 0 Å². The van der Waals surface area contributed by atoms with E-state index < -0.39 is 11.0 Å². The SMILES string of the molecule is O=[N+]([O-])c1cnc(NC2CCCCC2O)cc1N[C@H]1CCOC1. The lowest BCUT2D eigenvalue weighted by atomic mass is 9.92. The van der Waals surface area contributed by atoms with Crippen LogP contribution in [0.1, 0.15) is 32.1 Å². The molecular weight excluding hydrogens is 300 g/mol. The van der Waals surface area contributed by atoms with E-state index in [1.807, 2.05) is 0 Å². The van der Waals surface area contributed by atoms with Gasteiger partial charge in [0.1, 0.15) is 17.7 Å². The lowest BCUT2D eigenvalue weighted by molar-refractivity contribution is -0.384. The van der Waals surface area contributed by atoms with Crippen molar-refractivity contribution in [2.45, 2.75) is 50.3 Å². The molecule has 1 saturated heterocycles. The number of ether oxygens (including phenoxy) is 1. The fourth-order valence-electron chi connectivity index (χ4n) is 3.13. The number of aliphatic hydroxyl groups excluding tert-OH is 1. The van der Waals surface area contributed by atoms with Crippen molar-refractivity contribution < 1.29 is 14.8 Å². The van der Waals surface area contributed by atoms with Crippen LogP contribution >= 0.6 is 0 Å². The van der Waals surface area contributed by atoms with Crippen LogP contribution in [0.15, 0.2) is 12.3 Å². The molecule has 0 radical (unpaired) electrons. The Kier molecular flexibility index (Phi) is 4.92. The van der Waals surface area contributed by atoms with Crippen molar-refractivity contribution in [3.63, 3.8) is 0 Å². The van der Waals surface area contributed by atoms with Crippen molar-refractivity contribution in [3.05, 3.63) is 22.4 Å². The third-order valence-electron chi connectivity index (χ3n) is 4.43. The largest absolute Gasteiger partial charge is 0.391 e. The fourth-order valence-corrected chi connectivity index (χ4v) is 3.13. The number of anilines is 2. The van der Waals surface area contributed by atoms with E-state index in [0.29, 0.717) is 24.7 Å². The molecule has 0 amide bonds. The lowest BCUT2D eigenvalue weighted by Crippen LogP contribution is -2.36. The summed E-state index contributed by atoms with van der Waals surface area (Å²) >= 11 is 0. The number of nitrogens with one attached hydrogen (secondary N) is 2. The Hall–Kier alpha value is -1.93. The molecule has 0 spiro atoms. The van der Waals surface area contributed by atoms with Gasteiger partial charge >= 0.3 is 5.69 Å². The third kappa shape index (κ3) is 3.89. The minimum Gasteiger partial charge on any atom is -0.391 e. The van der Waals surface area contributed by atoms with E-state index in [9.17, 15) is 15.2 Å². The first-order valence-corrected chi connectivity index (χ1v) is 8.07. The maximum absolute atomic E-state index is 11.2. The summed E-state index contributed by atoms with van der Waals surface area (Å²) in [5.41, 5.74) is 0.389. The Morgan fingerprint density at radius 1 is 1.30 bits per heavy atom. The summed E-state index contributed by atoms with van der Waals surface area (Å²) < 4.78 is 5.30. The summed E-state index contributed by atoms with van der Waals surface area (Å²) in [6.07, 6.45) is 5.42. The molecule has 0 bridgehead atoms. The molecule has 1 saturated carbocycles. The van der Waals surface area contributed by atoms with E-state index >= 15 is 0 Å². The highest BCUT2D eigenvalue weighted by Crippen LogP contribution is 2.29. The molecule has 2 fully saturated rings. The Morgan fingerprint density at radius 2 is 2.13 bits per heavy atom. The van der Waals surface area contributed by atoms with Gasteiger partial charge in [-0.1, -0.05) is 12.8 Å². The molecule has 1 aliphatic heterocycles. The fraction of sp³-hybridized carbons (Fsp3) is 0.667. The molecule has 3 atom stereocenters. The van der Waals surface area contributed by atoms with Crippen molar-refractivity contribution in [2.24, 2.45) is 0 Å². The number of rotatable bonds is 5. The van der Waals surface area contributed by atoms with Crippen LogP contribution in [0.5, 0.6) is 0 Å². The number of aliphatic hydroxyl groups is 1. The lowest BCUT2D eigenvalue weighted by Gasteiger charge is -2.28. The maximum Gasteiger partial charge on any atom is 0.310 e. The molecule has 126 valence electrons. The summed E-state index contributed by atoms with van der Waals surface area (Å²) in [7, 11) is 0. The van der Waals surface area contributed by atoms with Crippen molar-refractivity contribution >= 4 is 17.2 Å². The predicted molar refractivity (Wildman–Crippen MR) is 85.6 cm³/mol. The van der Waals surface area contributed by atoms with Crippen LogP contribution in [-0.2, 0) is 4.74 Å². The van der Waals surface area contributed by atoms with Crippen LogP contribution in [0.2, 0.25) is 0 Å². The van der Waals surface area contributed by atoms with Gasteiger partial charge in [-0.25, -0.2) is 4.98 Å². The van der Waals surface area contributed by atoms with Gasteiger partial charge in [0.05, 0.1) is 29.7 Å². The number of hydrogen-bond donors (Lipinski definition) is 3. The van der Waals surface area contributed by atoms with E-state index in [4.69, 9.17) is 4.74 Å². The van der Waals surface area contributed by atoms with Crippen molar-refractivity contribution in [2.75, 3.05) is 23.8 Å². The van der Waals surface area contributed by atoms with Gasteiger partial charge in [0, 0.05) is 12.7 Å².